The van der Waals surface area contributed by atoms with Crippen molar-refractivity contribution in [2.45, 2.75) is 56.0 Å². The van der Waals surface area contributed by atoms with Crippen LogP contribution in [0.5, 0.6) is 11.5 Å². The van der Waals surface area contributed by atoms with Crippen LogP contribution < -0.4 is 14.8 Å². The fourth-order valence-electron chi connectivity index (χ4n) is 4.28. The summed E-state index contributed by atoms with van der Waals surface area (Å²) in [7, 11) is -2.25. The number of rotatable bonds is 9. The molecule has 0 unspecified atom stereocenters. The third kappa shape index (κ3) is 5.07. The van der Waals surface area contributed by atoms with Crippen LogP contribution in [-0.2, 0) is 14.6 Å². The number of hydrogen-bond acceptors (Lipinski definition) is 6. The van der Waals surface area contributed by atoms with Crippen molar-refractivity contribution in [3.63, 3.8) is 0 Å². The van der Waals surface area contributed by atoms with Crippen molar-refractivity contribution < 1.29 is 27.8 Å². The Kier molecular flexibility index (Phi) is 7.46. The average Bonchev–Trinajstić information content (AvgIpc) is 2.88. The molecular formula is C24H31NO6S. The van der Waals surface area contributed by atoms with E-state index in [0.717, 1.165) is 24.8 Å². The first-order valence-corrected chi connectivity index (χ1v) is 12.5. The van der Waals surface area contributed by atoms with E-state index >= 15 is 0 Å². The van der Waals surface area contributed by atoms with Gasteiger partial charge in [-0.15, -0.1) is 0 Å². The van der Waals surface area contributed by atoms with E-state index in [2.05, 4.69) is 12.2 Å². The normalized spacial score (nSPS) is 21.9. The molecule has 0 saturated heterocycles. The highest BCUT2D eigenvalue weighted by Gasteiger charge is 2.42. The highest BCUT2D eigenvalue weighted by atomic mass is 32.2. The number of methoxy groups -OCH3 is 1. The van der Waals surface area contributed by atoms with Gasteiger partial charge >= 0.3 is 5.97 Å². The summed E-state index contributed by atoms with van der Waals surface area (Å²) in [6.07, 6.45) is 3.26. The number of fused-ring (bicyclic) bond motifs is 1. The lowest BCUT2D eigenvalue weighted by Crippen LogP contribution is -2.50. The summed E-state index contributed by atoms with van der Waals surface area (Å²) in [6, 6.07) is 12.4. The minimum atomic E-state index is -3.70. The molecule has 0 bridgehead atoms. The van der Waals surface area contributed by atoms with Crippen molar-refractivity contribution in [2.75, 3.05) is 19.5 Å². The van der Waals surface area contributed by atoms with Gasteiger partial charge in [0.05, 0.1) is 23.8 Å². The van der Waals surface area contributed by atoms with Gasteiger partial charge in [-0.05, 0) is 30.0 Å². The first kappa shape index (κ1) is 24.1. The van der Waals surface area contributed by atoms with Crippen LogP contribution in [0.15, 0.2) is 47.4 Å². The van der Waals surface area contributed by atoms with Crippen LogP contribution in [0.1, 0.15) is 56.7 Å². The lowest BCUT2D eigenvalue weighted by molar-refractivity contribution is -0.139. The largest absolute Gasteiger partial charge is 0.493 e. The second-order valence-electron chi connectivity index (χ2n) is 8.21. The molecule has 2 aromatic carbocycles. The molecule has 8 heteroatoms. The molecular weight excluding hydrogens is 430 g/mol. The number of hydrogen-bond donors (Lipinski definition) is 2. The summed E-state index contributed by atoms with van der Waals surface area (Å²) >= 11 is 0. The molecule has 7 nitrogen and oxygen atoms in total. The van der Waals surface area contributed by atoms with Crippen molar-refractivity contribution in [1.82, 2.24) is 5.32 Å². The zero-order chi connectivity index (χ0) is 23.4. The molecule has 0 radical (unpaired) electrons. The first-order chi connectivity index (χ1) is 15.2. The molecule has 0 spiro atoms. The molecule has 1 heterocycles. The zero-order valence-electron chi connectivity index (χ0n) is 18.8. The maximum absolute atomic E-state index is 13.6. The van der Waals surface area contributed by atoms with Gasteiger partial charge in [-0.25, -0.2) is 13.2 Å². The van der Waals surface area contributed by atoms with Gasteiger partial charge in [0.25, 0.3) is 0 Å². The molecule has 0 saturated carbocycles. The maximum atomic E-state index is 13.6. The number of carboxylic acids is 1. The Bertz CT molecular complexity index is 1050. The van der Waals surface area contributed by atoms with E-state index in [1.165, 1.54) is 13.2 Å². The predicted octanol–water partition coefficient (Wildman–Crippen LogP) is 3.96. The third-order valence-corrected chi connectivity index (χ3v) is 7.98. The molecule has 3 rings (SSSR count). The highest BCUT2D eigenvalue weighted by molar-refractivity contribution is 7.91. The molecule has 32 heavy (non-hydrogen) atoms. The number of carboxylic acid groups (broad SMARTS) is 1. The van der Waals surface area contributed by atoms with Crippen molar-refractivity contribution in [3.8, 4) is 11.5 Å². The first-order valence-electron chi connectivity index (χ1n) is 10.9. The van der Waals surface area contributed by atoms with Gasteiger partial charge in [-0.1, -0.05) is 57.0 Å². The van der Waals surface area contributed by atoms with Crippen molar-refractivity contribution in [1.29, 1.82) is 0 Å². The van der Waals surface area contributed by atoms with Crippen LogP contribution >= 0.6 is 0 Å². The van der Waals surface area contributed by atoms with E-state index < -0.39 is 28.0 Å². The summed E-state index contributed by atoms with van der Waals surface area (Å²) in [5.41, 5.74) is 0.924. The minimum absolute atomic E-state index is 0.0441. The number of carbonyl (C=O) groups is 1. The van der Waals surface area contributed by atoms with Crippen molar-refractivity contribution in [2.24, 2.45) is 0 Å². The molecule has 1 aliphatic heterocycles. The zero-order valence-corrected chi connectivity index (χ0v) is 19.6. The predicted molar refractivity (Wildman–Crippen MR) is 122 cm³/mol. The molecule has 2 N–H and O–H groups in total. The van der Waals surface area contributed by atoms with Gasteiger partial charge in [0.15, 0.2) is 27.9 Å². The van der Waals surface area contributed by atoms with E-state index in [9.17, 15) is 13.2 Å². The Morgan fingerprint density at radius 3 is 2.50 bits per heavy atom. The molecule has 0 aliphatic carbocycles. The number of nitrogens with one attached hydrogen (secondary N) is 1. The average molecular weight is 462 g/mol. The maximum Gasteiger partial charge on any atom is 0.341 e. The Labute approximate surface area is 189 Å². The molecule has 0 amide bonds. The summed E-state index contributed by atoms with van der Waals surface area (Å²) < 4.78 is 38.1. The standard InChI is InChI=1S/C24H31NO6S/c1-4-6-12-24(5-2)16-32(28,29)21-14-20(31-15-22(26)27)19(30-3)13-18(21)23(25-24)17-10-8-7-9-11-17/h7-11,13-14,23,25H,4-6,12,15-16H2,1-3H3,(H,26,27)/t23-,24-/m1/s1. The third-order valence-electron chi connectivity index (χ3n) is 6.03. The SMILES string of the molecule is CCCC[C@]1(CC)CS(=O)(=O)c2cc(OCC(=O)O)c(OC)cc2[C@@H](c2ccccc2)N1. The van der Waals surface area contributed by atoms with Gasteiger partial charge in [-0.3, -0.25) is 5.32 Å². The Morgan fingerprint density at radius 1 is 1.19 bits per heavy atom. The summed E-state index contributed by atoms with van der Waals surface area (Å²) in [5.74, 6) is -0.808. The number of benzene rings is 2. The second kappa shape index (κ2) is 9.92. The summed E-state index contributed by atoms with van der Waals surface area (Å²) in [6.45, 7) is 3.51. The molecule has 0 aromatic heterocycles. The Morgan fingerprint density at radius 2 is 1.91 bits per heavy atom. The molecule has 174 valence electrons. The Balaban J connectivity index is 2.23. The van der Waals surface area contributed by atoms with Crippen molar-refractivity contribution >= 4 is 15.8 Å². The van der Waals surface area contributed by atoms with Gasteiger partial charge in [0.1, 0.15) is 0 Å². The van der Waals surface area contributed by atoms with Crippen LogP contribution in [0.25, 0.3) is 0 Å². The Hall–Kier alpha value is -2.58. The number of ether oxygens (including phenoxy) is 2. The number of unbranched alkanes of at least 4 members (excludes halogenated alkanes) is 1. The summed E-state index contributed by atoms with van der Waals surface area (Å²) in [4.78, 5) is 11.2. The van der Waals surface area contributed by atoms with Crippen LogP contribution in [0, 0.1) is 0 Å². The van der Waals surface area contributed by atoms with E-state index in [1.54, 1.807) is 6.07 Å². The van der Waals surface area contributed by atoms with E-state index in [4.69, 9.17) is 14.6 Å². The number of aliphatic carboxylic acids is 1. The van der Waals surface area contributed by atoms with Crippen LogP contribution in [0.3, 0.4) is 0 Å². The lowest BCUT2D eigenvalue weighted by atomic mass is 9.88. The van der Waals surface area contributed by atoms with E-state index in [0.29, 0.717) is 17.7 Å². The van der Waals surface area contributed by atoms with Gasteiger partial charge in [0.2, 0.25) is 0 Å². The number of sulfone groups is 1. The quantitative estimate of drug-likeness (QED) is 0.583. The van der Waals surface area contributed by atoms with Gasteiger partial charge in [-0.2, -0.15) is 0 Å². The topological polar surface area (TPSA) is 102 Å². The molecule has 2 aromatic rings. The smallest absolute Gasteiger partial charge is 0.341 e. The van der Waals surface area contributed by atoms with E-state index in [1.807, 2.05) is 37.3 Å². The molecule has 2 atom stereocenters. The van der Waals surface area contributed by atoms with Crippen LogP contribution in [-0.4, -0.2) is 44.5 Å². The molecule has 0 fully saturated rings. The second-order valence-corrected chi connectivity index (χ2v) is 10.2. The van der Waals surface area contributed by atoms with E-state index in [-0.39, 0.29) is 22.4 Å². The molecule has 1 aliphatic rings. The van der Waals surface area contributed by atoms with Gasteiger partial charge < -0.3 is 14.6 Å². The van der Waals surface area contributed by atoms with Crippen LogP contribution in [0.4, 0.5) is 0 Å². The lowest BCUT2D eigenvalue weighted by Gasteiger charge is -2.36. The van der Waals surface area contributed by atoms with Crippen LogP contribution in [0.2, 0.25) is 0 Å². The summed E-state index contributed by atoms with van der Waals surface area (Å²) in [5, 5.41) is 12.7. The van der Waals surface area contributed by atoms with Crippen molar-refractivity contribution in [3.05, 3.63) is 53.6 Å². The fourth-order valence-corrected chi connectivity index (χ4v) is 6.42. The monoisotopic (exact) mass is 461 g/mol. The van der Waals surface area contributed by atoms with Gasteiger partial charge in [0, 0.05) is 11.6 Å². The minimum Gasteiger partial charge on any atom is -0.493 e. The fraction of sp³-hybridized carbons (Fsp3) is 0.458. The highest BCUT2D eigenvalue weighted by Crippen LogP contribution is 2.42.